The lowest BCUT2D eigenvalue weighted by atomic mass is 10.2. The Morgan fingerprint density at radius 3 is 2.71 bits per heavy atom. The first-order valence-corrected chi connectivity index (χ1v) is 6.88. The van der Waals surface area contributed by atoms with Crippen LogP contribution in [0.25, 0.3) is 0 Å². The number of hydrogen-bond acceptors (Lipinski definition) is 5. The molecule has 0 aliphatic heterocycles. The van der Waals surface area contributed by atoms with Crippen LogP contribution in [0.1, 0.15) is 20.3 Å². The number of rotatable bonds is 8. The molecule has 116 valence electrons. The van der Waals surface area contributed by atoms with Crippen molar-refractivity contribution in [2.24, 2.45) is 0 Å². The highest BCUT2D eigenvalue weighted by Gasteiger charge is 2.16. The quantitative estimate of drug-likeness (QED) is 0.587. The number of hydrogen-bond donors (Lipinski definition) is 1. The molecule has 0 bridgehead atoms. The summed E-state index contributed by atoms with van der Waals surface area (Å²) in [4.78, 5) is 23.7. The first-order valence-electron chi connectivity index (χ1n) is 6.88. The lowest BCUT2D eigenvalue weighted by molar-refractivity contribution is -0.385. The summed E-state index contributed by atoms with van der Waals surface area (Å²) in [5, 5.41) is 13.9. The van der Waals surface area contributed by atoms with E-state index < -0.39 is 4.92 Å². The van der Waals surface area contributed by atoms with Gasteiger partial charge in [0.05, 0.1) is 18.1 Å². The zero-order valence-corrected chi connectivity index (χ0v) is 12.6. The molecule has 0 fully saturated rings. The van der Waals surface area contributed by atoms with Crippen LogP contribution < -0.4 is 10.1 Å². The summed E-state index contributed by atoms with van der Waals surface area (Å²) in [6.45, 7) is 4.98. The smallest absolute Gasteiger partial charge is 0.311 e. The predicted molar refractivity (Wildman–Crippen MR) is 80.7 cm³/mol. The van der Waals surface area contributed by atoms with Crippen molar-refractivity contribution in [3.8, 4) is 5.75 Å². The summed E-state index contributed by atoms with van der Waals surface area (Å²) in [7, 11) is 1.72. The number of nitrogens with zero attached hydrogens (tertiary/aromatic N) is 2. The van der Waals surface area contributed by atoms with Gasteiger partial charge in [-0.15, -0.1) is 0 Å². The third kappa shape index (κ3) is 4.94. The standard InChI is InChI=1S/C14H21N3O4/c1-4-8-21-13-9-11(6-7-12(13)17(19)20)15-10-14(18)16(3)5-2/h6-7,9,15H,4-5,8,10H2,1-3H3. The van der Waals surface area contributed by atoms with Gasteiger partial charge in [-0.3, -0.25) is 14.9 Å². The van der Waals surface area contributed by atoms with Crippen LogP contribution in [-0.2, 0) is 4.79 Å². The number of anilines is 1. The topological polar surface area (TPSA) is 84.7 Å². The van der Waals surface area contributed by atoms with Crippen molar-refractivity contribution in [2.45, 2.75) is 20.3 Å². The highest BCUT2D eigenvalue weighted by molar-refractivity contribution is 5.80. The minimum Gasteiger partial charge on any atom is -0.487 e. The molecule has 1 rings (SSSR count). The second-order valence-corrected chi connectivity index (χ2v) is 4.55. The minimum atomic E-state index is -0.481. The molecular weight excluding hydrogens is 274 g/mol. The lowest BCUT2D eigenvalue weighted by Gasteiger charge is -2.15. The maximum atomic E-state index is 11.7. The molecule has 0 heterocycles. The minimum absolute atomic E-state index is 0.0492. The Morgan fingerprint density at radius 1 is 1.43 bits per heavy atom. The molecule has 1 aromatic rings. The van der Waals surface area contributed by atoms with Gasteiger partial charge in [0, 0.05) is 31.4 Å². The van der Waals surface area contributed by atoms with E-state index in [1.165, 1.54) is 6.07 Å². The average Bonchev–Trinajstić information content (AvgIpc) is 2.49. The number of carbonyl (C=O) groups is 1. The van der Waals surface area contributed by atoms with E-state index in [0.717, 1.165) is 6.42 Å². The van der Waals surface area contributed by atoms with E-state index in [1.807, 2.05) is 13.8 Å². The number of benzene rings is 1. The van der Waals surface area contributed by atoms with Gasteiger partial charge in [-0.2, -0.15) is 0 Å². The van der Waals surface area contributed by atoms with E-state index in [0.29, 0.717) is 18.8 Å². The number of ether oxygens (including phenoxy) is 1. The van der Waals surface area contributed by atoms with Crippen molar-refractivity contribution >= 4 is 17.3 Å². The highest BCUT2D eigenvalue weighted by atomic mass is 16.6. The fraction of sp³-hybridized carbons (Fsp3) is 0.500. The predicted octanol–water partition coefficient (Wildman–Crippen LogP) is 2.27. The van der Waals surface area contributed by atoms with Gasteiger partial charge in [0.1, 0.15) is 0 Å². The van der Waals surface area contributed by atoms with Crippen molar-refractivity contribution in [1.29, 1.82) is 0 Å². The largest absolute Gasteiger partial charge is 0.487 e. The van der Waals surface area contributed by atoms with Gasteiger partial charge in [0.2, 0.25) is 5.91 Å². The molecule has 0 aliphatic carbocycles. The molecule has 0 radical (unpaired) electrons. The highest BCUT2D eigenvalue weighted by Crippen LogP contribution is 2.30. The SMILES string of the molecule is CCCOc1cc(NCC(=O)N(C)CC)ccc1[N+](=O)[O-]. The van der Waals surface area contributed by atoms with Gasteiger partial charge in [-0.1, -0.05) is 6.92 Å². The van der Waals surface area contributed by atoms with E-state index in [1.54, 1.807) is 24.1 Å². The molecule has 0 aliphatic rings. The van der Waals surface area contributed by atoms with Crippen LogP contribution in [0.4, 0.5) is 11.4 Å². The first kappa shape index (κ1) is 16.7. The van der Waals surface area contributed by atoms with Crippen molar-refractivity contribution in [1.82, 2.24) is 4.90 Å². The van der Waals surface area contributed by atoms with Gasteiger partial charge in [-0.05, 0) is 19.4 Å². The monoisotopic (exact) mass is 295 g/mol. The van der Waals surface area contributed by atoms with Crippen molar-refractivity contribution < 1.29 is 14.5 Å². The number of likely N-dealkylation sites (N-methyl/N-ethyl adjacent to an activating group) is 1. The fourth-order valence-corrected chi connectivity index (χ4v) is 1.59. The molecule has 0 saturated carbocycles. The molecule has 7 nitrogen and oxygen atoms in total. The number of amides is 1. The molecular formula is C14H21N3O4. The summed E-state index contributed by atoms with van der Waals surface area (Å²) in [5.74, 6) is 0.162. The Balaban J connectivity index is 2.80. The second kappa shape index (κ2) is 8.08. The zero-order valence-electron chi connectivity index (χ0n) is 12.6. The Bertz CT molecular complexity index is 505. The van der Waals surface area contributed by atoms with E-state index in [9.17, 15) is 14.9 Å². The van der Waals surface area contributed by atoms with Gasteiger partial charge in [-0.25, -0.2) is 0 Å². The molecule has 1 aromatic carbocycles. The van der Waals surface area contributed by atoms with Gasteiger partial charge >= 0.3 is 5.69 Å². The molecule has 1 amide bonds. The van der Waals surface area contributed by atoms with E-state index in [4.69, 9.17) is 4.74 Å². The van der Waals surface area contributed by atoms with Crippen LogP contribution in [0, 0.1) is 10.1 Å². The first-order chi connectivity index (χ1) is 9.99. The zero-order chi connectivity index (χ0) is 15.8. The second-order valence-electron chi connectivity index (χ2n) is 4.55. The van der Waals surface area contributed by atoms with Crippen LogP contribution >= 0.6 is 0 Å². The third-order valence-corrected chi connectivity index (χ3v) is 2.96. The van der Waals surface area contributed by atoms with E-state index in [2.05, 4.69) is 5.32 Å². The Morgan fingerprint density at radius 2 is 2.14 bits per heavy atom. The maximum absolute atomic E-state index is 11.7. The van der Waals surface area contributed by atoms with Gasteiger partial charge < -0.3 is 15.0 Å². The molecule has 1 N–H and O–H groups in total. The van der Waals surface area contributed by atoms with Crippen molar-refractivity contribution in [2.75, 3.05) is 32.1 Å². The summed E-state index contributed by atoms with van der Waals surface area (Å²) in [6, 6.07) is 4.49. The van der Waals surface area contributed by atoms with Crippen LogP contribution in [0.5, 0.6) is 5.75 Å². The van der Waals surface area contributed by atoms with Crippen LogP contribution in [0.2, 0.25) is 0 Å². The van der Waals surface area contributed by atoms with Crippen LogP contribution in [0.3, 0.4) is 0 Å². The maximum Gasteiger partial charge on any atom is 0.311 e. The summed E-state index contributed by atoms with van der Waals surface area (Å²) >= 11 is 0. The molecule has 0 unspecified atom stereocenters. The fourth-order valence-electron chi connectivity index (χ4n) is 1.59. The van der Waals surface area contributed by atoms with Crippen molar-refractivity contribution in [3.63, 3.8) is 0 Å². The number of nitrogens with one attached hydrogen (secondary N) is 1. The lowest BCUT2D eigenvalue weighted by Crippen LogP contribution is -2.31. The normalized spacial score (nSPS) is 10.0. The number of nitro groups is 1. The Hall–Kier alpha value is -2.31. The molecule has 0 saturated heterocycles. The van der Waals surface area contributed by atoms with Gasteiger partial charge in [0.25, 0.3) is 0 Å². The van der Waals surface area contributed by atoms with E-state index in [-0.39, 0.29) is 23.9 Å². The molecule has 0 atom stereocenters. The molecule has 21 heavy (non-hydrogen) atoms. The van der Waals surface area contributed by atoms with Crippen LogP contribution in [-0.4, -0.2) is 42.5 Å². The Labute approximate surface area is 124 Å². The van der Waals surface area contributed by atoms with Gasteiger partial charge in [0.15, 0.2) is 5.75 Å². The average molecular weight is 295 g/mol. The number of nitro benzene ring substituents is 1. The molecule has 0 spiro atoms. The summed E-state index contributed by atoms with van der Waals surface area (Å²) < 4.78 is 5.39. The molecule has 7 heteroatoms. The summed E-state index contributed by atoms with van der Waals surface area (Å²) in [5.41, 5.74) is 0.538. The molecule has 0 aromatic heterocycles. The Kier molecular flexibility index (Phi) is 6.45. The number of carbonyl (C=O) groups excluding carboxylic acids is 1. The summed E-state index contributed by atoms with van der Waals surface area (Å²) in [6.07, 6.45) is 0.759. The van der Waals surface area contributed by atoms with Crippen molar-refractivity contribution in [3.05, 3.63) is 28.3 Å². The van der Waals surface area contributed by atoms with E-state index >= 15 is 0 Å². The third-order valence-electron chi connectivity index (χ3n) is 2.96. The van der Waals surface area contributed by atoms with Crippen LogP contribution in [0.15, 0.2) is 18.2 Å².